The molecule has 3 aliphatic heterocycles. The van der Waals surface area contributed by atoms with Crippen molar-refractivity contribution >= 4 is 11.9 Å². The molecule has 0 radical (unpaired) electrons. The van der Waals surface area contributed by atoms with E-state index in [4.69, 9.17) is 5.11 Å². The van der Waals surface area contributed by atoms with Crippen molar-refractivity contribution in [2.45, 2.75) is 57.0 Å². The van der Waals surface area contributed by atoms with Gasteiger partial charge >= 0.3 is 5.97 Å². The quantitative estimate of drug-likeness (QED) is 0.844. The molecule has 3 heterocycles. The maximum Gasteiger partial charge on any atom is 0.303 e. The molecule has 1 amide bonds. The average molecular weight is 280 g/mol. The number of rotatable bonds is 4. The zero-order valence-corrected chi connectivity index (χ0v) is 12.0. The van der Waals surface area contributed by atoms with Crippen LogP contribution in [0, 0.1) is 5.92 Å². The number of nitrogens with zero attached hydrogens (tertiary/aromatic N) is 2. The van der Waals surface area contributed by atoms with Gasteiger partial charge in [0.05, 0.1) is 6.54 Å². The van der Waals surface area contributed by atoms with Gasteiger partial charge in [0.15, 0.2) is 0 Å². The molecule has 2 unspecified atom stereocenters. The van der Waals surface area contributed by atoms with Crippen LogP contribution in [0.15, 0.2) is 0 Å². The van der Waals surface area contributed by atoms with Crippen molar-refractivity contribution in [2.75, 3.05) is 19.6 Å². The summed E-state index contributed by atoms with van der Waals surface area (Å²) in [5.74, 6) is -0.102. The Hall–Kier alpha value is -1.10. The lowest BCUT2D eigenvalue weighted by Crippen LogP contribution is -2.48. The topological polar surface area (TPSA) is 60.9 Å². The summed E-state index contributed by atoms with van der Waals surface area (Å²) in [6.07, 6.45) is 6.74. The number of piperidine rings is 1. The average Bonchev–Trinajstić information content (AvgIpc) is 2.97. The van der Waals surface area contributed by atoms with Gasteiger partial charge in [0.1, 0.15) is 0 Å². The first-order valence-corrected chi connectivity index (χ1v) is 7.89. The van der Waals surface area contributed by atoms with Gasteiger partial charge in [0, 0.05) is 31.6 Å². The highest BCUT2D eigenvalue weighted by Crippen LogP contribution is 2.39. The van der Waals surface area contributed by atoms with Crippen LogP contribution >= 0.6 is 0 Å². The summed E-state index contributed by atoms with van der Waals surface area (Å²) in [7, 11) is 0. The lowest BCUT2D eigenvalue weighted by molar-refractivity contribution is -0.139. The number of aliphatic carboxylic acids is 1. The van der Waals surface area contributed by atoms with Gasteiger partial charge in [0.2, 0.25) is 5.91 Å². The number of carbonyl (C=O) groups excluding carboxylic acids is 1. The molecule has 112 valence electrons. The van der Waals surface area contributed by atoms with Gasteiger partial charge in [-0.2, -0.15) is 0 Å². The number of likely N-dealkylation sites (tertiary alicyclic amines) is 1. The van der Waals surface area contributed by atoms with Crippen molar-refractivity contribution in [2.24, 2.45) is 5.92 Å². The molecule has 2 bridgehead atoms. The Morgan fingerprint density at radius 3 is 2.20 bits per heavy atom. The molecule has 2 atom stereocenters. The largest absolute Gasteiger partial charge is 0.481 e. The SMILES string of the molecule is O=C(O)CC1CC2CCC(C1)N2CC(=O)N1CCCC1. The summed E-state index contributed by atoms with van der Waals surface area (Å²) in [5, 5.41) is 8.94. The van der Waals surface area contributed by atoms with E-state index in [0.717, 1.165) is 51.6 Å². The van der Waals surface area contributed by atoms with Crippen LogP contribution in [0.2, 0.25) is 0 Å². The highest BCUT2D eigenvalue weighted by atomic mass is 16.4. The van der Waals surface area contributed by atoms with Gasteiger partial charge in [-0.3, -0.25) is 14.5 Å². The van der Waals surface area contributed by atoms with Crippen LogP contribution in [0.3, 0.4) is 0 Å². The van der Waals surface area contributed by atoms with E-state index >= 15 is 0 Å². The molecular formula is C15H24N2O3. The maximum atomic E-state index is 12.3. The van der Waals surface area contributed by atoms with E-state index < -0.39 is 5.97 Å². The minimum Gasteiger partial charge on any atom is -0.481 e. The molecular weight excluding hydrogens is 256 g/mol. The molecule has 0 aromatic carbocycles. The van der Waals surface area contributed by atoms with E-state index in [2.05, 4.69) is 4.90 Å². The molecule has 1 N–H and O–H groups in total. The monoisotopic (exact) mass is 280 g/mol. The van der Waals surface area contributed by atoms with Crippen LogP contribution in [-0.4, -0.2) is 58.5 Å². The van der Waals surface area contributed by atoms with Crippen LogP contribution in [0.25, 0.3) is 0 Å². The Kier molecular flexibility index (Phi) is 3.96. The standard InChI is InChI=1S/C15H24N2O3/c18-14(16-5-1-2-6-16)10-17-12-3-4-13(17)8-11(7-12)9-15(19)20/h11-13H,1-10H2,(H,19,20). The van der Waals surface area contributed by atoms with Crippen molar-refractivity contribution in [3.05, 3.63) is 0 Å². The number of hydrogen-bond acceptors (Lipinski definition) is 3. The van der Waals surface area contributed by atoms with E-state index in [1.165, 1.54) is 0 Å². The Bertz CT molecular complexity index is 379. The molecule has 3 fully saturated rings. The predicted molar refractivity (Wildman–Crippen MR) is 74.3 cm³/mol. The van der Waals surface area contributed by atoms with E-state index in [-0.39, 0.29) is 5.91 Å². The lowest BCUT2D eigenvalue weighted by atomic mass is 9.88. The van der Waals surface area contributed by atoms with Crippen molar-refractivity contribution in [3.8, 4) is 0 Å². The number of hydrogen-bond donors (Lipinski definition) is 1. The van der Waals surface area contributed by atoms with Crippen molar-refractivity contribution in [3.63, 3.8) is 0 Å². The Morgan fingerprint density at radius 2 is 1.65 bits per heavy atom. The highest BCUT2D eigenvalue weighted by molar-refractivity contribution is 5.78. The zero-order chi connectivity index (χ0) is 14.1. The fourth-order valence-electron chi connectivity index (χ4n) is 4.28. The molecule has 0 aliphatic carbocycles. The minimum atomic E-state index is -0.684. The van der Waals surface area contributed by atoms with Gasteiger partial charge in [-0.15, -0.1) is 0 Å². The van der Waals surface area contributed by atoms with Gasteiger partial charge in [-0.25, -0.2) is 0 Å². The molecule has 3 aliphatic rings. The summed E-state index contributed by atoms with van der Waals surface area (Å²) >= 11 is 0. The molecule has 5 nitrogen and oxygen atoms in total. The molecule has 20 heavy (non-hydrogen) atoms. The maximum absolute atomic E-state index is 12.3. The van der Waals surface area contributed by atoms with Crippen LogP contribution in [0.4, 0.5) is 0 Å². The van der Waals surface area contributed by atoms with Crippen molar-refractivity contribution in [1.29, 1.82) is 0 Å². The number of carboxylic acids is 1. The van der Waals surface area contributed by atoms with E-state index in [1.807, 2.05) is 4.90 Å². The third-order valence-electron chi connectivity index (χ3n) is 5.22. The molecule has 0 aromatic heterocycles. The van der Waals surface area contributed by atoms with E-state index in [1.54, 1.807) is 0 Å². The van der Waals surface area contributed by atoms with Crippen molar-refractivity contribution in [1.82, 2.24) is 9.80 Å². The van der Waals surface area contributed by atoms with Gasteiger partial charge in [-0.1, -0.05) is 0 Å². The third-order valence-corrected chi connectivity index (χ3v) is 5.22. The van der Waals surface area contributed by atoms with Crippen molar-refractivity contribution < 1.29 is 14.7 Å². The van der Waals surface area contributed by atoms with Gasteiger partial charge < -0.3 is 10.0 Å². The number of carbonyl (C=O) groups is 2. The number of fused-ring (bicyclic) bond motifs is 2. The molecule has 0 aromatic rings. The summed E-state index contributed by atoms with van der Waals surface area (Å²) in [5.41, 5.74) is 0. The fraction of sp³-hybridized carbons (Fsp3) is 0.867. The Balaban J connectivity index is 1.56. The van der Waals surface area contributed by atoms with Crippen LogP contribution in [-0.2, 0) is 9.59 Å². The smallest absolute Gasteiger partial charge is 0.303 e. The minimum absolute atomic E-state index is 0.274. The summed E-state index contributed by atoms with van der Waals surface area (Å²) in [6.45, 7) is 2.39. The van der Waals surface area contributed by atoms with Gasteiger partial charge in [0.25, 0.3) is 0 Å². The molecule has 3 rings (SSSR count). The van der Waals surface area contributed by atoms with Crippen LogP contribution in [0.1, 0.15) is 44.9 Å². The second-order valence-electron chi connectivity index (χ2n) is 6.58. The summed E-state index contributed by atoms with van der Waals surface area (Å²) in [4.78, 5) is 27.5. The van der Waals surface area contributed by atoms with Crippen LogP contribution < -0.4 is 0 Å². The number of amides is 1. The molecule has 0 spiro atoms. The fourth-order valence-corrected chi connectivity index (χ4v) is 4.28. The first-order valence-electron chi connectivity index (χ1n) is 7.89. The Labute approximate surface area is 119 Å². The third kappa shape index (κ3) is 2.82. The molecule has 0 saturated carbocycles. The Morgan fingerprint density at radius 1 is 1.05 bits per heavy atom. The molecule has 3 saturated heterocycles. The second kappa shape index (κ2) is 5.72. The van der Waals surface area contributed by atoms with E-state index in [0.29, 0.717) is 31.0 Å². The normalized spacial score (nSPS) is 33.6. The van der Waals surface area contributed by atoms with Crippen LogP contribution in [0.5, 0.6) is 0 Å². The van der Waals surface area contributed by atoms with E-state index in [9.17, 15) is 9.59 Å². The summed E-state index contributed by atoms with van der Waals surface area (Å²) < 4.78 is 0. The second-order valence-corrected chi connectivity index (χ2v) is 6.58. The van der Waals surface area contributed by atoms with Gasteiger partial charge in [-0.05, 0) is 44.4 Å². The molecule has 5 heteroatoms. The lowest BCUT2D eigenvalue weighted by Gasteiger charge is -2.38. The predicted octanol–water partition coefficient (Wildman–Crippen LogP) is 1.33. The first kappa shape index (κ1) is 13.9. The number of carboxylic acid groups (broad SMARTS) is 1. The zero-order valence-electron chi connectivity index (χ0n) is 12.0. The highest BCUT2D eigenvalue weighted by Gasteiger charge is 2.42. The first-order chi connectivity index (χ1) is 9.63. The summed E-state index contributed by atoms with van der Waals surface area (Å²) in [6, 6.07) is 0.870.